The van der Waals surface area contributed by atoms with Gasteiger partial charge in [-0.3, -0.25) is 0 Å². The number of imidazole rings is 1. The number of aromatic amines is 1. The van der Waals surface area contributed by atoms with Gasteiger partial charge in [0.05, 0.1) is 11.0 Å². The first-order valence-electron chi connectivity index (χ1n) is 10.3. The highest BCUT2D eigenvalue weighted by Gasteiger charge is 2.23. The molecular formula is C23H28N4S. The molecule has 0 aliphatic heterocycles. The predicted octanol–water partition coefficient (Wildman–Crippen LogP) is 4.81. The summed E-state index contributed by atoms with van der Waals surface area (Å²) in [5.74, 6) is 1.04. The van der Waals surface area contributed by atoms with Gasteiger partial charge < -0.3 is 15.2 Å². The Morgan fingerprint density at radius 3 is 2.57 bits per heavy atom. The predicted molar refractivity (Wildman–Crippen MR) is 119 cm³/mol. The topological polar surface area (TPSA) is 44.0 Å². The molecule has 0 saturated heterocycles. The lowest BCUT2D eigenvalue weighted by Gasteiger charge is -2.36. The number of para-hydroxylation sites is 2. The average molecular weight is 393 g/mol. The van der Waals surface area contributed by atoms with E-state index in [2.05, 4.69) is 51.6 Å². The summed E-state index contributed by atoms with van der Waals surface area (Å²) in [6.07, 6.45) is 7.28. The maximum atomic E-state index is 5.82. The van der Waals surface area contributed by atoms with E-state index in [4.69, 9.17) is 17.2 Å². The molecule has 4 rings (SSSR count). The number of aromatic nitrogens is 2. The Balaban J connectivity index is 1.42. The molecule has 146 valence electrons. The molecule has 1 saturated carbocycles. The average Bonchev–Trinajstić information content (AvgIpc) is 3.17. The zero-order valence-electron chi connectivity index (χ0n) is 16.2. The van der Waals surface area contributed by atoms with Crippen molar-refractivity contribution in [2.45, 2.75) is 51.1 Å². The summed E-state index contributed by atoms with van der Waals surface area (Å²) in [5, 5.41) is 4.35. The summed E-state index contributed by atoms with van der Waals surface area (Å²) in [6.45, 7) is 1.67. The van der Waals surface area contributed by atoms with Crippen LogP contribution in [-0.4, -0.2) is 32.6 Å². The van der Waals surface area contributed by atoms with Gasteiger partial charge in [0.15, 0.2) is 5.11 Å². The van der Waals surface area contributed by atoms with Crippen molar-refractivity contribution in [1.29, 1.82) is 0 Å². The molecule has 1 aliphatic rings. The fraction of sp³-hybridized carbons (Fsp3) is 0.391. The smallest absolute Gasteiger partial charge is 0.169 e. The van der Waals surface area contributed by atoms with E-state index in [9.17, 15) is 0 Å². The Kier molecular flexibility index (Phi) is 6.22. The highest BCUT2D eigenvalue weighted by atomic mass is 32.1. The SMILES string of the molecule is S=C(NCc1ccccc1)N(CCc1nc2ccccc2[nH]1)C1CCCCC1. The quantitative estimate of drug-likeness (QED) is 0.591. The van der Waals surface area contributed by atoms with Crippen LogP contribution in [0.2, 0.25) is 0 Å². The minimum absolute atomic E-state index is 0.536. The molecule has 28 heavy (non-hydrogen) atoms. The summed E-state index contributed by atoms with van der Waals surface area (Å²) < 4.78 is 0. The van der Waals surface area contributed by atoms with Crippen LogP contribution in [0.1, 0.15) is 43.5 Å². The second-order valence-corrected chi connectivity index (χ2v) is 7.97. The van der Waals surface area contributed by atoms with Crippen molar-refractivity contribution in [3.63, 3.8) is 0 Å². The van der Waals surface area contributed by atoms with Gasteiger partial charge in [0.1, 0.15) is 5.82 Å². The molecule has 0 spiro atoms. The van der Waals surface area contributed by atoms with Crippen molar-refractivity contribution in [1.82, 2.24) is 20.2 Å². The number of fused-ring (bicyclic) bond motifs is 1. The fourth-order valence-corrected chi connectivity index (χ4v) is 4.38. The first-order chi connectivity index (χ1) is 13.8. The van der Waals surface area contributed by atoms with Crippen LogP contribution in [0.25, 0.3) is 11.0 Å². The minimum atomic E-state index is 0.536. The number of hydrogen-bond donors (Lipinski definition) is 2. The van der Waals surface area contributed by atoms with Gasteiger partial charge in [-0.1, -0.05) is 61.7 Å². The highest BCUT2D eigenvalue weighted by Crippen LogP contribution is 2.23. The normalized spacial score (nSPS) is 14.9. The number of hydrogen-bond acceptors (Lipinski definition) is 2. The standard InChI is InChI=1S/C23H28N4S/c28-23(24-17-18-9-3-1-4-10-18)27(19-11-5-2-6-12-19)16-15-22-25-20-13-7-8-14-21(20)26-22/h1,3-4,7-10,13-14,19H,2,5-6,11-12,15-17H2,(H,24,28)(H,25,26). The van der Waals surface area contributed by atoms with Gasteiger partial charge >= 0.3 is 0 Å². The fourth-order valence-electron chi connectivity index (χ4n) is 4.07. The van der Waals surface area contributed by atoms with Crippen LogP contribution in [0, 0.1) is 0 Å². The number of thiocarbonyl (C=S) groups is 1. The molecule has 0 unspecified atom stereocenters. The number of rotatable bonds is 6. The lowest BCUT2D eigenvalue weighted by Crippen LogP contribution is -2.47. The summed E-state index contributed by atoms with van der Waals surface area (Å²) in [5.41, 5.74) is 3.39. The molecule has 0 amide bonds. The Morgan fingerprint density at radius 1 is 1.04 bits per heavy atom. The van der Waals surface area contributed by atoms with Crippen LogP contribution >= 0.6 is 12.2 Å². The Morgan fingerprint density at radius 2 is 1.79 bits per heavy atom. The summed E-state index contributed by atoms with van der Waals surface area (Å²) in [7, 11) is 0. The third kappa shape index (κ3) is 4.71. The molecule has 0 bridgehead atoms. The molecular weight excluding hydrogens is 364 g/mol. The number of H-pyrrole nitrogens is 1. The third-order valence-corrected chi connectivity index (χ3v) is 5.97. The molecule has 4 nitrogen and oxygen atoms in total. The number of nitrogens with zero attached hydrogens (tertiary/aromatic N) is 2. The maximum Gasteiger partial charge on any atom is 0.169 e. The zero-order chi connectivity index (χ0) is 19.2. The van der Waals surface area contributed by atoms with Gasteiger partial charge in [0.25, 0.3) is 0 Å². The molecule has 2 N–H and O–H groups in total. The van der Waals surface area contributed by atoms with Crippen molar-refractivity contribution in [3.8, 4) is 0 Å². The molecule has 0 atom stereocenters. The van der Waals surface area contributed by atoms with Gasteiger partial charge in [-0.05, 0) is 42.8 Å². The maximum absolute atomic E-state index is 5.82. The summed E-state index contributed by atoms with van der Waals surface area (Å²) in [4.78, 5) is 10.6. The molecule has 3 aromatic rings. The van der Waals surface area contributed by atoms with Crippen molar-refractivity contribution >= 4 is 28.4 Å². The molecule has 1 aliphatic carbocycles. The van der Waals surface area contributed by atoms with Gasteiger partial charge in [-0.15, -0.1) is 0 Å². The largest absolute Gasteiger partial charge is 0.358 e. The van der Waals surface area contributed by atoms with Gasteiger partial charge in [-0.25, -0.2) is 4.98 Å². The van der Waals surface area contributed by atoms with E-state index in [0.29, 0.717) is 6.04 Å². The number of nitrogens with one attached hydrogen (secondary N) is 2. The molecule has 5 heteroatoms. The van der Waals surface area contributed by atoms with Gasteiger partial charge in [0.2, 0.25) is 0 Å². The van der Waals surface area contributed by atoms with Crippen LogP contribution in [-0.2, 0) is 13.0 Å². The van der Waals surface area contributed by atoms with Crippen molar-refractivity contribution < 1.29 is 0 Å². The second-order valence-electron chi connectivity index (χ2n) is 7.58. The Labute approximate surface area is 172 Å². The van der Waals surface area contributed by atoms with Crippen molar-refractivity contribution in [3.05, 3.63) is 66.0 Å². The van der Waals surface area contributed by atoms with E-state index >= 15 is 0 Å². The molecule has 1 heterocycles. The van der Waals surface area contributed by atoms with E-state index in [1.165, 1.54) is 37.7 Å². The monoisotopic (exact) mass is 392 g/mol. The Bertz CT molecular complexity index is 866. The van der Waals surface area contributed by atoms with Crippen LogP contribution in [0.5, 0.6) is 0 Å². The van der Waals surface area contributed by atoms with Crippen molar-refractivity contribution in [2.24, 2.45) is 0 Å². The molecule has 1 aromatic heterocycles. The summed E-state index contributed by atoms with van der Waals surface area (Å²) in [6, 6.07) is 19.2. The molecule has 1 fully saturated rings. The van der Waals surface area contributed by atoms with Gasteiger partial charge in [-0.2, -0.15) is 0 Å². The highest BCUT2D eigenvalue weighted by molar-refractivity contribution is 7.80. The minimum Gasteiger partial charge on any atom is -0.358 e. The zero-order valence-corrected chi connectivity index (χ0v) is 17.0. The first-order valence-corrected chi connectivity index (χ1v) is 10.7. The first kappa shape index (κ1) is 18.9. The second kappa shape index (κ2) is 9.20. The van der Waals surface area contributed by atoms with E-state index in [1.807, 2.05) is 18.2 Å². The van der Waals surface area contributed by atoms with E-state index < -0.39 is 0 Å². The van der Waals surface area contributed by atoms with Crippen LogP contribution in [0.4, 0.5) is 0 Å². The summed E-state index contributed by atoms with van der Waals surface area (Å²) >= 11 is 5.82. The van der Waals surface area contributed by atoms with Crippen LogP contribution < -0.4 is 5.32 Å². The lowest BCUT2D eigenvalue weighted by atomic mass is 9.94. The van der Waals surface area contributed by atoms with E-state index in [1.54, 1.807) is 0 Å². The van der Waals surface area contributed by atoms with E-state index in [0.717, 1.165) is 41.5 Å². The molecule has 2 aromatic carbocycles. The van der Waals surface area contributed by atoms with Crippen molar-refractivity contribution in [2.75, 3.05) is 6.54 Å². The third-order valence-electron chi connectivity index (χ3n) is 5.59. The molecule has 0 radical (unpaired) electrons. The van der Waals surface area contributed by atoms with Gasteiger partial charge in [0, 0.05) is 25.6 Å². The Hall–Kier alpha value is -2.40. The number of benzene rings is 2. The lowest BCUT2D eigenvalue weighted by molar-refractivity contribution is 0.242. The van der Waals surface area contributed by atoms with E-state index in [-0.39, 0.29) is 0 Å². The van der Waals surface area contributed by atoms with Crippen LogP contribution in [0.3, 0.4) is 0 Å². The van der Waals surface area contributed by atoms with Crippen LogP contribution in [0.15, 0.2) is 54.6 Å².